The number of carboxylic acid groups (broad SMARTS) is 1. The maximum atomic E-state index is 12.5. The minimum Gasteiger partial charge on any atom is -0.478 e. The molecule has 0 spiro atoms. The number of ether oxygens (including phenoxy) is 1. The first kappa shape index (κ1) is 17.7. The number of carbonyl (C=O) groups is 2. The molecule has 1 N–H and O–H groups in total. The Hall–Kier alpha value is -2.62. The van der Waals surface area contributed by atoms with E-state index in [-0.39, 0.29) is 17.4 Å². The van der Waals surface area contributed by atoms with Gasteiger partial charge in [0.1, 0.15) is 5.75 Å². The van der Waals surface area contributed by atoms with Crippen LogP contribution >= 0.6 is 0 Å². The SMILES string of the molecule is CC(C)c1cccc(C(C)C)c1OC(=O)c1ccc(C(=O)O)cc1. The Kier molecular flexibility index (Phi) is 5.39. The average molecular weight is 326 g/mol. The second-order valence-electron chi connectivity index (χ2n) is 6.35. The molecule has 0 fully saturated rings. The van der Waals surface area contributed by atoms with Crippen LogP contribution in [0.3, 0.4) is 0 Å². The Morgan fingerprint density at radius 1 is 0.833 bits per heavy atom. The van der Waals surface area contributed by atoms with Crippen molar-refractivity contribution in [3.05, 3.63) is 64.7 Å². The van der Waals surface area contributed by atoms with Gasteiger partial charge in [0.15, 0.2) is 0 Å². The monoisotopic (exact) mass is 326 g/mol. The number of esters is 1. The van der Waals surface area contributed by atoms with E-state index >= 15 is 0 Å². The molecule has 0 aliphatic carbocycles. The quantitative estimate of drug-likeness (QED) is 0.630. The zero-order valence-corrected chi connectivity index (χ0v) is 14.4. The summed E-state index contributed by atoms with van der Waals surface area (Å²) in [6, 6.07) is 11.6. The largest absolute Gasteiger partial charge is 0.478 e. The van der Waals surface area contributed by atoms with Crippen molar-refractivity contribution in [3.63, 3.8) is 0 Å². The fourth-order valence-electron chi connectivity index (χ4n) is 2.50. The molecule has 24 heavy (non-hydrogen) atoms. The summed E-state index contributed by atoms with van der Waals surface area (Å²) in [7, 11) is 0. The third-order valence-electron chi connectivity index (χ3n) is 3.88. The molecule has 4 heteroatoms. The molecule has 0 aromatic heterocycles. The molecule has 0 atom stereocenters. The van der Waals surface area contributed by atoms with Crippen LogP contribution in [0.4, 0.5) is 0 Å². The first-order valence-electron chi connectivity index (χ1n) is 7.99. The number of para-hydroxylation sites is 1. The van der Waals surface area contributed by atoms with Gasteiger partial charge in [-0.05, 0) is 47.2 Å². The highest BCUT2D eigenvalue weighted by Crippen LogP contribution is 2.35. The summed E-state index contributed by atoms with van der Waals surface area (Å²) in [6.45, 7) is 8.22. The van der Waals surface area contributed by atoms with Gasteiger partial charge in [-0.1, -0.05) is 45.9 Å². The van der Waals surface area contributed by atoms with E-state index in [2.05, 4.69) is 27.7 Å². The Morgan fingerprint density at radius 2 is 1.29 bits per heavy atom. The van der Waals surface area contributed by atoms with Gasteiger partial charge in [0, 0.05) is 0 Å². The standard InChI is InChI=1S/C20H22O4/c1-12(2)16-6-5-7-17(13(3)4)18(16)24-20(23)15-10-8-14(9-11-15)19(21)22/h5-13H,1-4H3,(H,21,22). The molecule has 2 rings (SSSR count). The van der Waals surface area contributed by atoms with Crippen LogP contribution in [0.15, 0.2) is 42.5 Å². The fraction of sp³-hybridized carbons (Fsp3) is 0.300. The molecule has 0 heterocycles. The van der Waals surface area contributed by atoms with Crippen LogP contribution in [0, 0.1) is 0 Å². The molecule has 0 aliphatic rings. The fourth-order valence-corrected chi connectivity index (χ4v) is 2.50. The van der Waals surface area contributed by atoms with E-state index in [4.69, 9.17) is 9.84 Å². The van der Waals surface area contributed by atoms with Crippen LogP contribution in [-0.4, -0.2) is 17.0 Å². The average Bonchev–Trinajstić information content (AvgIpc) is 2.54. The topological polar surface area (TPSA) is 63.6 Å². The lowest BCUT2D eigenvalue weighted by molar-refractivity contribution is 0.0691. The Morgan fingerprint density at radius 3 is 1.71 bits per heavy atom. The van der Waals surface area contributed by atoms with Crippen LogP contribution in [0.25, 0.3) is 0 Å². The first-order chi connectivity index (χ1) is 11.3. The molecule has 0 unspecified atom stereocenters. The van der Waals surface area contributed by atoms with E-state index in [0.717, 1.165) is 11.1 Å². The van der Waals surface area contributed by atoms with Gasteiger partial charge < -0.3 is 9.84 Å². The Bertz CT molecular complexity index is 716. The number of hydrogen-bond acceptors (Lipinski definition) is 3. The van der Waals surface area contributed by atoms with Crippen LogP contribution in [0.5, 0.6) is 5.75 Å². The predicted octanol–water partition coefficient (Wildman–Crippen LogP) is 4.85. The van der Waals surface area contributed by atoms with Crippen LogP contribution in [0.1, 0.15) is 71.4 Å². The minimum absolute atomic E-state index is 0.136. The third-order valence-corrected chi connectivity index (χ3v) is 3.88. The summed E-state index contributed by atoms with van der Waals surface area (Å²) in [5, 5.41) is 8.93. The molecule has 2 aromatic carbocycles. The van der Waals surface area contributed by atoms with E-state index in [1.54, 1.807) is 0 Å². The molecule has 0 bridgehead atoms. The number of carbonyl (C=O) groups excluding carboxylic acids is 1. The number of benzene rings is 2. The highest BCUT2D eigenvalue weighted by molar-refractivity contribution is 5.93. The maximum Gasteiger partial charge on any atom is 0.343 e. The van der Waals surface area contributed by atoms with E-state index in [9.17, 15) is 9.59 Å². The molecule has 0 aliphatic heterocycles. The van der Waals surface area contributed by atoms with Gasteiger partial charge in [-0.3, -0.25) is 0 Å². The number of rotatable bonds is 5. The maximum absolute atomic E-state index is 12.5. The van der Waals surface area contributed by atoms with Gasteiger partial charge in [0.05, 0.1) is 11.1 Å². The van der Waals surface area contributed by atoms with Gasteiger partial charge in [0.25, 0.3) is 0 Å². The van der Waals surface area contributed by atoms with Crippen molar-refractivity contribution in [1.29, 1.82) is 0 Å². The van der Waals surface area contributed by atoms with E-state index < -0.39 is 11.9 Å². The summed E-state index contributed by atoms with van der Waals surface area (Å²) >= 11 is 0. The second kappa shape index (κ2) is 7.30. The molecule has 0 saturated heterocycles. The van der Waals surface area contributed by atoms with Crippen molar-refractivity contribution in [1.82, 2.24) is 0 Å². The lowest BCUT2D eigenvalue weighted by Gasteiger charge is -2.19. The van der Waals surface area contributed by atoms with Crippen molar-refractivity contribution < 1.29 is 19.4 Å². The summed E-state index contributed by atoms with van der Waals surface area (Å²) in [4.78, 5) is 23.4. The normalized spacial score (nSPS) is 10.9. The van der Waals surface area contributed by atoms with Gasteiger partial charge in [-0.15, -0.1) is 0 Å². The molecular formula is C20H22O4. The zero-order chi connectivity index (χ0) is 17.9. The van der Waals surface area contributed by atoms with Gasteiger partial charge in [-0.25, -0.2) is 9.59 Å². The highest BCUT2D eigenvalue weighted by atomic mass is 16.5. The number of hydrogen-bond donors (Lipinski definition) is 1. The summed E-state index contributed by atoms with van der Waals surface area (Å²) in [6.07, 6.45) is 0. The predicted molar refractivity (Wildman–Crippen MR) is 93.0 cm³/mol. The lowest BCUT2D eigenvalue weighted by Crippen LogP contribution is -2.13. The lowest BCUT2D eigenvalue weighted by atomic mass is 9.94. The highest BCUT2D eigenvalue weighted by Gasteiger charge is 2.19. The second-order valence-corrected chi connectivity index (χ2v) is 6.35. The van der Waals surface area contributed by atoms with E-state index in [1.165, 1.54) is 24.3 Å². The van der Waals surface area contributed by atoms with Gasteiger partial charge >= 0.3 is 11.9 Å². The zero-order valence-electron chi connectivity index (χ0n) is 14.4. The van der Waals surface area contributed by atoms with Crippen LogP contribution in [-0.2, 0) is 0 Å². The summed E-state index contributed by atoms with van der Waals surface area (Å²) in [5.74, 6) is -0.458. The van der Waals surface area contributed by atoms with Crippen molar-refractivity contribution in [2.75, 3.05) is 0 Å². The Labute approximate surface area is 142 Å². The van der Waals surface area contributed by atoms with Crippen LogP contribution < -0.4 is 4.74 Å². The molecule has 0 radical (unpaired) electrons. The first-order valence-corrected chi connectivity index (χ1v) is 7.99. The van der Waals surface area contributed by atoms with E-state index in [1.807, 2.05) is 18.2 Å². The smallest absolute Gasteiger partial charge is 0.343 e. The molecule has 126 valence electrons. The molecule has 0 saturated carbocycles. The minimum atomic E-state index is -1.03. The van der Waals surface area contributed by atoms with Gasteiger partial charge in [-0.2, -0.15) is 0 Å². The molecule has 4 nitrogen and oxygen atoms in total. The van der Waals surface area contributed by atoms with E-state index in [0.29, 0.717) is 11.3 Å². The summed E-state index contributed by atoms with van der Waals surface area (Å²) in [5.41, 5.74) is 2.43. The van der Waals surface area contributed by atoms with Crippen molar-refractivity contribution in [3.8, 4) is 5.75 Å². The number of aromatic carboxylic acids is 1. The van der Waals surface area contributed by atoms with Gasteiger partial charge in [0.2, 0.25) is 0 Å². The Balaban J connectivity index is 2.35. The van der Waals surface area contributed by atoms with Crippen molar-refractivity contribution >= 4 is 11.9 Å². The summed E-state index contributed by atoms with van der Waals surface area (Å²) < 4.78 is 5.70. The van der Waals surface area contributed by atoms with Crippen molar-refractivity contribution in [2.45, 2.75) is 39.5 Å². The molecule has 2 aromatic rings. The molecule has 0 amide bonds. The third kappa shape index (κ3) is 3.82. The van der Waals surface area contributed by atoms with Crippen molar-refractivity contribution in [2.24, 2.45) is 0 Å². The van der Waals surface area contributed by atoms with Crippen LogP contribution in [0.2, 0.25) is 0 Å². The molecular weight excluding hydrogens is 304 g/mol. The number of carboxylic acids is 1.